The first-order chi connectivity index (χ1) is 13.7. The van der Waals surface area contributed by atoms with Crippen molar-refractivity contribution in [2.45, 2.75) is 36.9 Å². The minimum atomic E-state index is -4.55. The number of sulfonamides is 1. The summed E-state index contributed by atoms with van der Waals surface area (Å²) in [7, 11) is -3.63. The minimum Gasteiger partial charge on any atom is -0.457 e. The van der Waals surface area contributed by atoms with Gasteiger partial charge >= 0.3 is 12.1 Å². The van der Waals surface area contributed by atoms with Gasteiger partial charge in [0.05, 0.1) is 16.0 Å². The summed E-state index contributed by atoms with van der Waals surface area (Å²) in [5, 5.41) is 0. The van der Waals surface area contributed by atoms with E-state index in [9.17, 15) is 26.4 Å². The summed E-state index contributed by atoms with van der Waals surface area (Å²) in [4.78, 5) is 12.2. The van der Waals surface area contributed by atoms with Crippen molar-refractivity contribution in [1.29, 1.82) is 0 Å². The van der Waals surface area contributed by atoms with E-state index in [1.165, 1.54) is 46.8 Å². The van der Waals surface area contributed by atoms with Crippen molar-refractivity contribution in [3.8, 4) is 0 Å². The Balaban J connectivity index is 1.69. The molecule has 1 aliphatic heterocycles. The fraction of sp³-hybridized carbons (Fsp3) is 0.350. The molecule has 0 amide bonds. The van der Waals surface area contributed by atoms with Crippen LogP contribution in [0.25, 0.3) is 0 Å². The number of halogens is 3. The van der Waals surface area contributed by atoms with Crippen molar-refractivity contribution in [3.63, 3.8) is 0 Å². The van der Waals surface area contributed by atoms with E-state index in [4.69, 9.17) is 4.74 Å². The van der Waals surface area contributed by atoms with E-state index in [1.54, 1.807) is 0 Å². The number of hydrogen-bond donors (Lipinski definition) is 0. The summed E-state index contributed by atoms with van der Waals surface area (Å²) in [5.74, 6) is -0.830. The summed E-state index contributed by atoms with van der Waals surface area (Å²) < 4.78 is 70.6. The van der Waals surface area contributed by atoms with Gasteiger partial charge in [0.1, 0.15) is 6.61 Å². The van der Waals surface area contributed by atoms with Gasteiger partial charge in [-0.1, -0.05) is 24.6 Å². The molecule has 2 aromatic carbocycles. The molecule has 1 aliphatic rings. The normalized spacial score (nSPS) is 15.8. The van der Waals surface area contributed by atoms with Gasteiger partial charge in [0, 0.05) is 18.7 Å². The SMILES string of the molecule is O=C(OCc1ccccc1C(F)(F)F)c1ccc(S(=O)(=O)N2CCCCC2)cc1. The Morgan fingerprint density at radius 3 is 2.21 bits per heavy atom. The lowest BCUT2D eigenvalue weighted by Gasteiger charge is -2.25. The monoisotopic (exact) mass is 427 g/mol. The number of carbonyl (C=O) groups excluding carboxylic acids is 1. The molecule has 0 bridgehead atoms. The molecule has 0 atom stereocenters. The van der Waals surface area contributed by atoms with Crippen LogP contribution in [-0.4, -0.2) is 31.8 Å². The molecule has 0 unspecified atom stereocenters. The minimum absolute atomic E-state index is 0.0621. The Bertz CT molecular complexity index is 966. The first-order valence-corrected chi connectivity index (χ1v) is 10.6. The molecule has 0 radical (unpaired) electrons. The zero-order valence-electron chi connectivity index (χ0n) is 15.5. The highest BCUT2D eigenvalue weighted by atomic mass is 32.2. The highest BCUT2D eigenvalue weighted by Crippen LogP contribution is 2.32. The maximum absolute atomic E-state index is 13.0. The molecule has 5 nitrogen and oxygen atoms in total. The number of rotatable bonds is 5. The van der Waals surface area contributed by atoms with Crippen LogP contribution in [0.4, 0.5) is 13.2 Å². The molecule has 0 aromatic heterocycles. The third kappa shape index (κ3) is 4.97. The van der Waals surface area contributed by atoms with E-state index in [0.29, 0.717) is 13.1 Å². The predicted octanol–water partition coefficient (Wildman–Crippen LogP) is 4.24. The second kappa shape index (κ2) is 8.54. The molecule has 9 heteroatoms. The zero-order valence-corrected chi connectivity index (χ0v) is 16.3. The summed E-state index contributed by atoms with van der Waals surface area (Å²) >= 11 is 0. The second-order valence-electron chi connectivity index (χ2n) is 6.72. The van der Waals surface area contributed by atoms with Crippen molar-refractivity contribution in [3.05, 3.63) is 65.2 Å². The van der Waals surface area contributed by atoms with Gasteiger partial charge in [0.2, 0.25) is 10.0 Å². The van der Waals surface area contributed by atoms with Crippen molar-refractivity contribution < 1.29 is 31.1 Å². The molecule has 0 spiro atoms. The van der Waals surface area contributed by atoms with Crippen LogP contribution in [0.5, 0.6) is 0 Å². The maximum atomic E-state index is 13.0. The molecule has 2 aromatic rings. The van der Waals surface area contributed by atoms with Crippen LogP contribution in [0.3, 0.4) is 0 Å². The lowest BCUT2D eigenvalue weighted by molar-refractivity contribution is -0.138. The predicted molar refractivity (Wildman–Crippen MR) is 99.6 cm³/mol. The number of piperidine rings is 1. The number of carbonyl (C=O) groups is 1. The van der Waals surface area contributed by atoms with Crippen molar-refractivity contribution in [2.75, 3.05) is 13.1 Å². The summed E-state index contributed by atoms with van der Waals surface area (Å²) in [6.45, 7) is 0.387. The van der Waals surface area contributed by atoms with E-state index in [-0.39, 0.29) is 16.0 Å². The lowest BCUT2D eigenvalue weighted by Crippen LogP contribution is -2.35. The molecular weight excluding hydrogens is 407 g/mol. The Hall–Kier alpha value is -2.39. The van der Waals surface area contributed by atoms with E-state index in [0.717, 1.165) is 25.3 Å². The first kappa shape index (κ1) is 21.3. The fourth-order valence-electron chi connectivity index (χ4n) is 3.17. The van der Waals surface area contributed by atoms with Crippen molar-refractivity contribution in [1.82, 2.24) is 4.31 Å². The van der Waals surface area contributed by atoms with Crippen LogP contribution in [-0.2, 0) is 27.5 Å². The largest absolute Gasteiger partial charge is 0.457 e. The fourth-order valence-corrected chi connectivity index (χ4v) is 4.68. The zero-order chi connectivity index (χ0) is 21.1. The van der Waals surface area contributed by atoms with Gasteiger partial charge < -0.3 is 4.74 Å². The number of nitrogens with zero attached hydrogens (tertiary/aromatic N) is 1. The third-order valence-electron chi connectivity index (χ3n) is 4.72. The van der Waals surface area contributed by atoms with Gasteiger partial charge in [-0.3, -0.25) is 0 Å². The molecule has 1 fully saturated rings. The van der Waals surface area contributed by atoms with Crippen molar-refractivity contribution in [2.24, 2.45) is 0 Å². The number of alkyl halides is 3. The average molecular weight is 427 g/mol. The third-order valence-corrected chi connectivity index (χ3v) is 6.64. The van der Waals surface area contributed by atoms with Crippen LogP contribution in [0.1, 0.15) is 40.7 Å². The van der Waals surface area contributed by atoms with Crippen LogP contribution in [0.2, 0.25) is 0 Å². The van der Waals surface area contributed by atoms with Gasteiger partial charge in [-0.2, -0.15) is 17.5 Å². The van der Waals surface area contributed by atoms with Crippen LogP contribution < -0.4 is 0 Å². The average Bonchev–Trinajstić information content (AvgIpc) is 2.72. The summed E-state index contributed by atoms with van der Waals surface area (Å²) in [6, 6.07) is 10.1. The highest BCUT2D eigenvalue weighted by molar-refractivity contribution is 7.89. The molecule has 0 saturated carbocycles. The first-order valence-electron chi connectivity index (χ1n) is 9.12. The summed E-state index contributed by atoms with van der Waals surface area (Å²) in [5.41, 5.74) is -0.958. The topological polar surface area (TPSA) is 63.7 Å². The van der Waals surface area contributed by atoms with Gasteiger partial charge in [0.15, 0.2) is 0 Å². The standard InChI is InChI=1S/C20H20F3NO4S/c21-20(22,23)18-7-3-2-6-16(18)14-28-19(25)15-8-10-17(11-9-15)29(26,27)24-12-4-1-5-13-24/h2-3,6-11H,1,4-5,12-14H2. The number of hydrogen-bond acceptors (Lipinski definition) is 4. The quantitative estimate of drug-likeness (QED) is 0.670. The van der Waals surface area contributed by atoms with E-state index in [1.807, 2.05) is 0 Å². The summed E-state index contributed by atoms with van der Waals surface area (Å²) in [6.07, 6.45) is -1.94. The Kier molecular flexibility index (Phi) is 6.28. The van der Waals surface area contributed by atoms with E-state index < -0.39 is 34.3 Å². The van der Waals surface area contributed by atoms with Gasteiger partial charge in [-0.05, 0) is 43.2 Å². The Morgan fingerprint density at radius 1 is 0.966 bits per heavy atom. The smallest absolute Gasteiger partial charge is 0.416 e. The van der Waals surface area contributed by atoms with Crippen LogP contribution in [0, 0.1) is 0 Å². The second-order valence-corrected chi connectivity index (χ2v) is 8.66. The molecule has 156 valence electrons. The van der Waals surface area contributed by atoms with Gasteiger partial charge in [-0.25, -0.2) is 13.2 Å². The Labute approximate surface area is 167 Å². The maximum Gasteiger partial charge on any atom is 0.416 e. The number of esters is 1. The molecule has 0 aliphatic carbocycles. The highest BCUT2D eigenvalue weighted by Gasteiger charge is 2.33. The van der Waals surface area contributed by atoms with Crippen LogP contribution in [0.15, 0.2) is 53.4 Å². The van der Waals surface area contributed by atoms with Crippen LogP contribution >= 0.6 is 0 Å². The molecule has 0 N–H and O–H groups in total. The number of benzene rings is 2. The Morgan fingerprint density at radius 2 is 1.59 bits per heavy atom. The molecular formula is C20H20F3NO4S. The molecule has 29 heavy (non-hydrogen) atoms. The molecule has 3 rings (SSSR count). The van der Waals surface area contributed by atoms with Gasteiger partial charge in [0.25, 0.3) is 0 Å². The lowest BCUT2D eigenvalue weighted by atomic mass is 10.1. The van der Waals surface area contributed by atoms with Crippen molar-refractivity contribution >= 4 is 16.0 Å². The van der Waals surface area contributed by atoms with E-state index in [2.05, 4.69) is 0 Å². The number of ether oxygens (including phenoxy) is 1. The molecule has 1 heterocycles. The van der Waals surface area contributed by atoms with Gasteiger partial charge in [-0.15, -0.1) is 0 Å². The van der Waals surface area contributed by atoms with E-state index >= 15 is 0 Å². The molecule has 1 saturated heterocycles.